The number of aliphatic hydroxyl groups is 1. The Balaban J connectivity index is 1.55. The Hall–Kier alpha value is -3.38. The number of benzene rings is 2. The van der Waals surface area contributed by atoms with Gasteiger partial charge in [-0.05, 0) is 47.6 Å². The summed E-state index contributed by atoms with van der Waals surface area (Å²) in [6, 6.07) is 21.3. The minimum atomic E-state index is -0.705. The van der Waals surface area contributed by atoms with E-state index in [0.29, 0.717) is 25.8 Å². The second-order valence-electron chi connectivity index (χ2n) is 8.91. The molecule has 6 heteroatoms. The molecule has 2 atom stereocenters. The van der Waals surface area contributed by atoms with Crippen LogP contribution in [0.3, 0.4) is 0 Å². The molecule has 0 radical (unpaired) electrons. The highest BCUT2D eigenvalue weighted by atomic mass is 16.6. The molecule has 0 bridgehead atoms. The molecule has 1 amide bonds. The van der Waals surface area contributed by atoms with Gasteiger partial charge in [-0.25, -0.2) is 4.79 Å². The minimum Gasteiger partial charge on any atom is -0.438 e. The first-order chi connectivity index (χ1) is 16.5. The Labute approximate surface area is 200 Å². The maximum absolute atomic E-state index is 13.3. The lowest BCUT2D eigenvalue weighted by molar-refractivity contribution is -0.0697. The summed E-state index contributed by atoms with van der Waals surface area (Å²) in [6.45, 7) is 2.72. The van der Waals surface area contributed by atoms with Gasteiger partial charge < -0.3 is 19.3 Å². The third-order valence-corrected chi connectivity index (χ3v) is 6.79. The topological polar surface area (TPSA) is 71.8 Å². The van der Waals surface area contributed by atoms with Crippen molar-refractivity contribution < 1.29 is 14.6 Å². The van der Waals surface area contributed by atoms with E-state index in [1.165, 1.54) is 0 Å². The number of carbonyl (C=O) groups excluding carboxylic acids is 1. The maximum atomic E-state index is 13.3. The quantitative estimate of drug-likeness (QED) is 0.513. The molecule has 1 N–H and O–H groups in total. The van der Waals surface area contributed by atoms with Crippen LogP contribution in [0.25, 0.3) is 11.1 Å². The van der Waals surface area contributed by atoms with Crippen LogP contribution in [0.4, 0.5) is 4.79 Å². The standard InChI is InChI=1S/C28H32N2O4/c1-3-25(22-12-10-21(11-13-22)23-14-15-26(32)29(2)20-23)30-18-17-28(16-7-19-31,34-27(30)33)24-8-5-4-6-9-24/h4-6,8-15,20,25,31H,3,7,16-19H2,1-2H3/t25-,28?/m0/s1. The van der Waals surface area contributed by atoms with Gasteiger partial charge in [0.1, 0.15) is 5.60 Å². The monoisotopic (exact) mass is 460 g/mol. The fraction of sp³-hybridized carbons (Fsp3) is 0.357. The lowest BCUT2D eigenvalue weighted by Crippen LogP contribution is -2.49. The normalized spacial score (nSPS) is 19.0. The molecule has 1 fully saturated rings. The van der Waals surface area contributed by atoms with Gasteiger partial charge in [-0.1, -0.05) is 61.5 Å². The molecule has 3 aromatic rings. The number of hydrogen-bond acceptors (Lipinski definition) is 4. The number of aliphatic hydroxyl groups excluding tert-OH is 1. The predicted molar refractivity (Wildman–Crippen MR) is 132 cm³/mol. The highest BCUT2D eigenvalue weighted by molar-refractivity contribution is 5.70. The van der Waals surface area contributed by atoms with Gasteiger partial charge in [-0.3, -0.25) is 4.79 Å². The molecule has 4 rings (SSSR count). The van der Waals surface area contributed by atoms with Crippen LogP contribution in [0.2, 0.25) is 0 Å². The van der Waals surface area contributed by atoms with Gasteiger partial charge in [-0.15, -0.1) is 0 Å². The summed E-state index contributed by atoms with van der Waals surface area (Å²) >= 11 is 0. The van der Waals surface area contributed by atoms with Crippen molar-refractivity contribution in [3.8, 4) is 11.1 Å². The molecule has 2 heterocycles. The highest BCUT2D eigenvalue weighted by Gasteiger charge is 2.43. The number of rotatable bonds is 8. The Morgan fingerprint density at radius 1 is 1.00 bits per heavy atom. The van der Waals surface area contributed by atoms with Crippen LogP contribution in [0, 0.1) is 0 Å². The van der Waals surface area contributed by atoms with Crippen molar-refractivity contribution in [1.82, 2.24) is 9.47 Å². The second-order valence-corrected chi connectivity index (χ2v) is 8.91. The molecule has 0 saturated carbocycles. The number of aromatic nitrogens is 1. The summed E-state index contributed by atoms with van der Waals surface area (Å²) in [6.07, 6.45) is 4.12. The lowest BCUT2D eigenvalue weighted by atomic mass is 9.84. The van der Waals surface area contributed by atoms with Gasteiger partial charge in [0, 0.05) is 38.9 Å². The van der Waals surface area contributed by atoms with E-state index >= 15 is 0 Å². The molecule has 1 aliphatic rings. The van der Waals surface area contributed by atoms with Crippen molar-refractivity contribution in [2.45, 2.75) is 44.2 Å². The molecule has 1 aromatic heterocycles. The molecule has 0 aliphatic carbocycles. The Bertz CT molecular complexity index is 1170. The first-order valence-corrected chi connectivity index (χ1v) is 11.9. The van der Waals surface area contributed by atoms with Crippen LogP contribution in [0.1, 0.15) is 49.8 Å². The van der Waals surface area contributed by atoms with Crippen LogP contribution < -0.4 is 5.56 Å². The molecule has 34 heavy (non-hydrogen) atoms. The molecule has 6 nitrogen and oxygen atoms in total. The third-order valence-electron chi connectivity index (χ3n) is 6.79. The fourth-order valence-electron chi connectivity index (χ4n) is 4.88. The number of amides is 1. The van der Waals surface area contributed by atoms with Gasteiger partial charge in [0.15, 0.2) is 0 Å². The maximum Gasteiger partial charge on any atom is 0.411 e. The number of ether oxygens (including phenoxy) is 1. The van der Waals surface area contributed by atoms with E-state index in [1.807, 2.05) is 71.8 Å². The molecule has 1 unspecified atom stereocenters. The summed E-state index contributed by atoms with van der Waals surface area (Å²) in [4.78, 5) is 26.8. The molecule has 1 aliphatic heterocycles. The van der Waals surface area contributed by atoms with E-state index in [2.05, 4.69) is 6.92 Å². The predicted octanol–water partition coefficient (Wildman–Crippen LogP) is 5.01. The fourth-order valence-corrected chi connectivity index (χ4v) is 4.88. The Morgan fingerprint density at radius 3 is 2.32 bits per heavy atom. The zero-order chi connectivity index (χ0) is 24.1. The first-order valence-electron chi connectivity index (χ1n) is 11.9. The molecular formula is C28H32N2O4. The van der Waals surface area contributed by atoms with E-state index in [9.17, 15) is 14.7 Å². The Kier molecular flexibility index (Phi) is 7.17. The summed E-state index contributed by atoms with van der Waals surface area (Å²) in [5.41, 5.74) is 3.27. The van der Waals surface area contributed by atoms with Crippen molar-refractivity contribution in [2.24, 2.45) is 7.05 Å². The average Bonchev–Trinajstić information content (AvgIpc) is 2.87. The van der Waals surface area contributed by atoms with Crippen LogP contribution >= 0.6 is 0 Å². The second kappa shape index (κ2) is 10.3. The zero-order valence-corrected chi connectivity index (χ0v) is 19.8. The molecule has 2 aromatic carbocycles. The largest absolute Gasteiger partial charge is 0.438 e. The van der Waals surface area contributed by atoms with Crippen molar-refractivity contribution in [1.29, 1.82) is 0 Å². The third kappa shape index (κ3) is 4.77. The number of pyridine rings is 1. The van der Waals surface area contributed by atoms with Gasteiger partial charge in [-0.2, -0.15) is 0 Å². The zero-order valence-electron chi connectivity index (χ0n) is 19.8. The van der Waals surface area contributed by atoms with Crippen LogP contribution in [0.5, 0.6) is 0 Å². The first kappa shape index (κ1) is 23.8. The SMILES string of the molecule is CC[C@@H](c1ccc(-c2ccc(=O)n(C)c2)cc1)N1CCC(CCCO)(c2ccccc2)OC1=O. The van der Waals surface area contributed by atoms with Crippen molar-refractivity contribution in [2.75, 3.05) is 13.2 Å². The summed E-state index contributed by atoms with van der Waals surface area (Å²) < 4.78 is 7.71. The number of cyclic esters (lactones) is 1. The smallest absolute Gasteiger partial charge is 0.411 e. The van der Waals surface area contributed by atoms with E-state index < -0.39 is 5.60 Å². The van der Waals surface area contributed by atoms with Crippen LogP contribution in [0.15, 0.2) is 77.7 Å². The van der Waals surface area contributed by atoms with Gasteiger partial charge >= 0.3 is 6.09 Å². The number of nitrogens with zero attached hydrogens (tertiary/aromatic N) is 2. The van der Waals surface area contributed by atoms with Gasteiger partial charge in [0.05, 0.1) is 6.04 Å². The average molecular weight is 461 g/mol. The van der Waals surface area contributed by atoms with E-state index in [-0.39, 0.29) is 24.3 Å². The van der Waals surface area contributed by atoms with Crippen molar-refractivity contribution in [3.63, 3.8) is 0 Å². The number of hydrogen-bond donors (Lipinski definition) is 1. The number of carbonyl (C=O) groups is 1. The molecular weight excluding hydrogens is 428 g/mol. The highest BCUT2D eigenvalue weighted by Crippen LogP contribution is 2.41. The van der Waals surface area contributed by atoms with Gasteiger partial charge in [0.25, 0.3) is 0 Å². The number of aryl methyl sites for hydroxylation is 1. The van der Waals surface area contributed by atoms with Gasteiger partial charge in [0.2, 0.25) is 5.56 Å². The van der Waals surface area contributed by atoms with Crippen molar-refractivity contribution >= 4 is 6.09 Å². The summed E-state index contributed by atoms with van der Waals surface area (Å²) in [5, 5.41) is 9.42. The minimum absolute atomic E-state index is 0.0411. The Morgan fingerprint density at radius 2 is 1.71 bits per heavy atom. The molecule has 1 saturated heterocycles. The molecule has 0 spiro atoms. The van der Waals surface area contributed by atoms with E-state index in [4.69, 9.17) is 4.74 Å². The van der Waals surface area contributed by atoms with Crippen LogP contribution in [-0.4, -0.2) is 33.8 Å². The lowest BCUT2D eigenvalue weighted by Gasteiger charge is -2.44. The van der Waals surface area contributed by atoms with Crippen LogP contribution in [-0.2, 0) is 17.4 Å². The summed E-state index contributed by atoms with van der Waals surface area (Å²) in [7, 11) is 1.74. The van der Waals surface area contributed by atoms with Crippen molar-refractivity contribution in [3.05, 3.63) is 94.4 Å². The summed E-state index contributed by atoms with van der Waals surface area (Å²) in [5.74, 6) is 0. The molecule has 178 valence electrons. The van der Waals surface area contributed by atoms with E-state index in [1.54, 1.807) is 17.7 Å². The van der Waals surface area contributed by atoms with E-state index in [0.717, 1.165) is 28.7 Å².